The number of nitrogen functional groups attached to an aromatic ring is 1. The van der Waals surface area contributed by atoms with E-state index in [-0.39, 0.29) is 11.7 Å². The number of aromatic amines is 1. The van der Waals surface area contributed by atoms with Gasteiger partial charge in [-0.05, 0) is 6.07 Å². The molecule has 0 unspecified atom stereocenters. The van der Waals surface area contributed by atoms with Gasteiger partial charge in [0.15, 0.2) is 0 Å². The maximum Gasteiger partial charge on any atom is 0.256 e. The minimum atomic E-state index is -0.271. The quantitative estimate of drug-likeness (QED) is 0.748. The summed E-state index contributed by atoms with van der Waals surface area (Å²) in [5.41, 5.74) is 6.80. The number of rotatable bonds is 4. The molecule has 0 spiro atoms. The van der Waals surface area contributed by atoms with Gasteiger partial charge in [-0.3, -0.25) is 9.89 Å². The smallest absolute Gasteiger partial charge is 0.256 e. The first kappa shape index (κ1) is 12.0. The summed E-state index contributed by atoms with van der Waals surface area (Å²) in [6, 6.07) is 7.49. The molecule has 0 fully saturated rings. The van der Waals surface area contributed by atoms with Crippen molar-refractivity contribution < 1.29 is 9.53 Å². The zero-order chi connectivity index (χ0) is 13.0. The van der Waals surface area contributed by atoms with Crippen LogP contribution in [0.2, 0.25) is 0 Å². The molecule has 1 aromatic heterocycles. The summed E-state index contributed by atoms with van der Waals surface area (Å²) in [5, 5.41) is 8.97. The Labute approximate surface area is 104 Å². The van der Waals surface area contributed by atoms with E-state index in [0.29, 0.717) is 12.1 Å². The average molecular weight is 246 g/mol. The predicted molar refractivity (Wildman–Crippen MR) is 67.2 cm³/mol. The van der Waals surface area contributed by atoms with E-state index in [4.69, 9.17) is 10.5 Å². The molecular weight excluding hydrogens is 232 g/mol. The number of ether oxygens (including phenoxy) is 1. The zero-order valence-corrected chi connectivity index (χ0v) is 9.93. The zero-order valence-electron chi connectivity index (χ0n) is 9.93. The van der Waals surface area contributed by atoms with Gasteiger partial charge in [0.05, 0.1) is 13.3 Å². The summed E-state index contributed by atoms with van der Waals surface area (Å²) in [5.74, 6) is 0.720. The lowest BCUT2D eigenvalue weighted by Gasteiger charge is -2.09. The molecule has 18 heavy (non-hydrogen) atoms. The second-order valence-corrected chi connectivity index (χ2v) is 3.69. The normalized spacial score (nSPS) is 10.1. The Kier molecular flexibility index (Phi) is 3.47. The molecule has 0 aliphatic heterocycles. The van der Waals surface area contributed by atoms with Crippen LogP contribution in [-0.4, -0.2) is 23.2 Å². The summed E-state index contributed by atoms with van der Waals surface area (Å²) >= 11 is 0. The number of anilines is 1. The van der Waals surface area contributed by atoms with Crippen LogP contribution in [0.5, 0.6) is 5.75 Å². The highest BCUT2D eigenvalue weighted by molar-refractivity contribution is 5.98. The molecule has 0 bridgehead atoms. The van der Waals surface area contributed by atoms with Crippen molar-refractivity contribution in [3.8, 4) is 5.75 Å². The number of aromatic nitrogens is 2. The molecule has 1 amide bonds. The summed E-state index contributed by atoms with van der Waals surface area (Å²) < 4.78 is 5.20. The molecule has 0 aliphatic rings. The van der Waals surface area contributed by atoms with E-state index < -0.39 is 0 Å². The van der Waals surface area contributed by atoms with E-state index in [0.717, 1.165) is 11.3 Å². The molecule has 1 aromatic carbocycles. The molecule has 6 heteroatoms. The van der Waals surface area contributed by atoms with Gasteiger partial charge in [-0.15, -0.1) is 0 Å². The van der Waals surface area contributed by atoms with E-state index in [1.165, 1.54) is 6.20 Å². The Morgan fingerprint density at radius 1 is 1.50 bits per heavy atom. The maximum absolute atomic E-state index is 11.8. The van der Waals surface area contributed by atoms with Crippen molar-refractivity contribution in [3.05, 3.63) is 41.6 Å². The number of hydrogen-bond donors (Lipinski definition) is 3. The van der Waals surface area contributed by atoms with Crippen molar-refractivity contribution >= 4 is 11.7 Å². The summed E-state index contributed by atoms with van der Waals surface area (Å²) in [7, 11) is 1.59. The van der Waals surface area contributed by atoms with Crippen LogP contribution in [0.15, 0.2) is 30.5 Å². The predicted octanol–water partition coefficient (Wildman–Crippen LogP) is 0.930. The number of amides is 1. The van der Waals surface area contributed by atoms with Gasteiger partial charge >= 0.3 is 0 Å². The molecule has 0 saturated heterocycles. The van der Waals surface area contributed by atoms with Gasteiger partial charge in [-0.1, -0.05) is 18.2 Å². The Bertz CT molecular complexity index is 551. The maximum atomic E-state index is 11.8. The Morgan fingerprint density at radius 3 is 2.94 bits per heavy atom. The molecule has 94 valence electrons. The second-order valence-electron chi connectivity index (χ2n) is 3.69. The van der Waals surface area contributed by atoms with Crippen molar-refractivity contribution in [3.63, 3.8) is 0 Å². The van der Waals surface area contributed by atoms with Gasteiger partial charge in [-0.25, -0.2) is 0 Å². The number of carbonyl (C=O) groups excluding carboxylic acids is 1. The molecule has 0 atom stereocenters. The second kappa shape index (κ2) is 5.22. The fourth-order valence-corrected chi connectivity index (χ4v) is 1.60. The third-order valence-electron chi connectivity index (χ3n) is 2.55. The number of hydrogen-bond acceptors (Lipinski definition) is 4. The summed E-state index contributed by atoms with van der Waals surface area (Å²) in [6.07, 6.45) is 1.40. The number of methoxy groups -OCH3 is 1. The average Bonchev–Trinajstić information content (AvgIpc) is 2.82. The van der Waals surface area contributed by atoms with E-state index in [1.54, 1.807) is 7.11 Å². The van der Waals surface area contributed by atoms with Crippen LogP contribution in [0.25, 0.3) is 0 Å². The Balaban J connectivity index is 2.04. The number of nitrogens with two attached hydrogens (primary N) is 1. The van der Waals surface area contributed by atoms with Crippen LogP contribution in [0, 0.1) is 0 Å². The van der Waals surface area contributed by atoms with E-state index in [2.05, 4.69) is 15.5 Å². The first-order valence-corrected chi connectivity index (χ1v) is 5.41. The summed E-state index contributed by atoms with van der Waals surface area (Å²) in [4.78, 5) is 11.8. The fourth-order valence-electron chi connectivity index (χ4n) is 1.60. The topological polar surface area (TPSA) is 93.0 Å². The van der Waals surface area contributed by atoms with Crippen LogP contribution in [0.1, 0.15) is 15.9 Å². The highest BCUT2D eigenvalue weighted by Crippen LogP contribution is 2.17. The standard InChI is InChI=1S/C12H14N4O2/c1-18-10-5-3-2-4-8(10)6-14-12(17)9-7-15-16-11(9)13/h2-5,7H,6H2,1H3,(H,14,17)(H3,13,15,16). The number of nitrogens with one attached hydrogen (secondary N) is 2. The van der Waals surface area contributed by atoms with Crippen molar-refractivity contribution in [2.24, 2.45) is 0 Å². The lowest BCUT2D eigenvalue weighted by molar-refractivity contribution is 0.0951. The SMILES string of the molecule is COc1ccccc1CNC(=O)c1cn[nH]c1N. The number of H-pyrrole nitrogens is 1. The highest BCUT2D eigenvalue weighted by atomic mass is 16.5. The largest absolute Gasteiger partial charge is 0.496 e. The van der Waals surface area contributed by atoms with Crippen molar-refractivity contribution in [2.75, 3.05) is 12.8 Å². The van der Waals surface area contributed by atoms with E-state index in [9.17, 15) is 4.79 Å². The van der Waals surface area contributed by atoms with Crippen LogP contribution < -0.4 is 15.8 Å². The first-order chi connectivity index (χ1) is 8.72. The number of carbonyl (C=O) groups is 1. The van der Waals surface area contributed by atoms with Gasteiger partial charge in [0.1, 0.15) is 17.1 Å². The number of benzene rings is 1. The lowest BCUT2D eigenvalue weighted by Crippen LogP contribution is -2.23. The number of para-hydroxylation sites is 1. The summed E-state index contributed by atoms with van der Waals surface area (Å²) in [6.45, 7) is 0.369. The Morgan fingerprint density at radius 2 is 2.28 bits per heavy atom. The van der Waals surface area contributed by atoms with Crippen LogP contribution >= 0.6 is 0 Å². The van der Waals surface area contributed by atoms with Gasteiger partial charge < -0.3 is 15.8 Å². The van der Waals surface area contributed by atoms with Crippen molar-refractivity contribution in [2.45, 2.75) is 6.54 Å². The minimum absolute atomic E-state index is 0.257. The first-order valence-electron chi connectivity index (χ1n) is 5.41. The molecule has 6 nitrogen and oxygen atoms in total. The van der Waals surface area contributed by atoms with Crippen LogP contribution in [-0.2, 0) is 6.54 Å². The molecule has 2 rings (SSSR count). The van der Waals surface area contributed by atoms with E-state index in [1.807, 2.05) is 24.3 Å². The van der Waals surface area contributed by atoms with Gasteiger partial charge in [0.25, 0.3) is 5.91 Å². The molecule has 0 saturated carbocycles. The fraction of sp³-hybridized carbons (Fsp3) is 0.167. The molecular formula is C12H14N4O2. The molecule has 0 radical (unpaired) electrons. The van der Waals surface area contributed by atoms with Crippen molar-refractivity contribution in [1.29, 1.82) is 0 Å². The molecule has 4 N–H and O–H groups in total. The van der Waals surface area contributed by atoms with E-state index >= 15 is 0 Å². The van der Waals surface area contributed by atoms with Crippen LogP contribution in [0.3, 0.4) is 0 Å². The van der Waals surface area contributed by atoms with Gasteiger partial charge in [0.2, 0.25) is 0 Å². The monoisotopic (exact) mass is 246 g/mol. The number of nitrogens with zero attached hydrogens (tertiary/aromatic N) is 1. The molecule has 0 aliphatic carbocycles. The third kappa shape index (κ3) is 2.42. The lowest BCUT2D eigenvalue weighted by atomic mass is 10.2. The third-order valence-corrected chi connectivity index (χ3v) is 2.55. The minimum Gasteiger partial charge on any atom is -0.496 e. The van der Waals surface area contributed by atoms with Gasteiger partial charge in [-0.2, -0.15) is 5.10 Å². The van der Waals surface area contributed by atoms with Crippen molar-refractivity contribution in [1.82, 2.24) is 15.5 Å². The molecule has 2 aromatic rings. The molecule has 1 heterocycles. The van der Waals surface area contributed by atoms with Crippen LogP contribution in [0.4, 0.5) is 5.82 Å². The highest BCUT2D eigenvalue weighted by Gasteiger charge is 2.11. The van der Waals surface area contributed by atoms with Gasteiger partial charge in [0, 0.05) is 12.1 Å². The Hall–Kier alpha value is -2.50.